The van der Waals surface area contributed by atoms with Gasteiger partial charge in [0.1, 0.15) is 17.0 Å². The van der Waals surface area contributed by atoms with Gasteiger partial charge in [0, 0.05) is 19.6 Å². The fraction of sp³-hybridized carbons (Fsp3) is 0.458. The van der Waals surface area contributed by atoms with E-state index in [2.05, 4.69) is 10.2 Å². The predicted molar refractivity (Wildman–Crippen MR) is 123 cm³/mol. The summed E-state index contributed by atoms with van der Waals surface area (Å²) in [4.78, 5) is 14.2. The van der Waals surface area contributed by atoms with Crippen LogP contribution in [0.4, 0.5) is 16.2 Å². The van der Waals surface area contributed by atoms with Crippen LogP contribution in [0.5, 0.6) is 17.2 Å². The highest BCUT2D eigenvalue weighted by molar-refractivity contribution is 5.79. The maximum absolute atomic E-state index is 12.0. The first-order valence-corrected chi connectivity index (χ1v) is 10.7. The van der Waals surface area contributed by atoms with Crippen LogP contribution in [0.3, 0.4) is 0 Å². The molecule has 2 aromatic rings. The number of alkyl carbamates (subject to hydrolysis) is 1. The van der Waals surface area contributed by atoms with E-state index in [9.17, 15) is 4.79 Å². The lowest BCUT2D eigenvalue weighted by Crippen LogP contribution is -2.42. The Morgan fingerprint density at radius 3 is 2.61 bits per heavy atom. The third-order valence-electron chi connectivity index (χ3n) is 5.07. The van der Waals surface area contributed by atoms with Gasteiger partial charge in [-0.1, -0.05) is 18.2 Å². The van der Waals surface area contributed by atoms with Crippen molar-refractivity contribution >= 4 is 17.5 Å². The van der Waals surface area contributed by atoms with Gasteiger partial charge in [-0.25, -0.2) is 4.79 Å². The van der Waals surface area contributed by atoms with E-state index in [0.717, 1.165) is 37.4 Å². The van der Waals surface area contributed by atoms with Gasteiger partial charge in [-0.2, -0.15) is 0 Å². The molecule has 0 saturated carbocycles. The molecule has 7 heteroatoms. The molecule has 0 aromatic heterocycles. The summed E-state index contributed by atoms with van der Waals surface area (Å²) in [5, 5.41) is 2.89. The average Bonchev–Trinajstić information content (AvgIpc) is 2.73. The number of methoxy groups -OCH3 is 1. The summed E-state index contributed by atoms with van der Waals surface area (Å²) in [5.74, 6) is 2.25. The van der Waals surface area contributed by atoms with Crippen molar-refractivity contribution in [2.45, 2.75) is 39.2 Å². The molecule has 1 fully saturated rings. The number of carbonyl (C=O) groups is 1. The number of amides is 1. The number of rotatable bonds is 6. The molecular formula is C24H33N3O4. The molecule has 168 valence electrons. The molecule has 0 radical (unpaired) electrons. The molecule has 7 nitrogen and oxygen atoms in total. The van der Waals surface area contributed by atoms with E-state index >= 15 is 0 Å². The summed E-state index contributed by atoms with van der Waals surface area (Å²) < 4.78 is 17.1. The smallest absolute Gasteiger partial charge is 0.407 e. The lowest BCUT2D eigenvalue weighted by atomic mass is 9.97. The monoisotopic (exact) mass is 427 g/mol. The van der Waals surface area contributed by atoms with E-state index in [1.165, 1.54) is 0 Å². The molecule has 1 amide bonds. The molecule has 1 heterocycles. The largest absolute Gasteiger partial charge is 0.491 e. The van der Waals surface area contributed by atoms with Crippen molar-refractivity contribution < 1.29 is 19.0 Å². The van der Waals surface area contributed by atoms with E-state index in [-0.39, 0.29) is 12.0 Å². The van der Waals surface area contributed by atoms with Crippen molar-refractivity contribution in [1.82, 2.24) is 5.32 Å². The second-order valence-corrected chi connectivity index (χ2v) is 8.79. The van der Waals surface area contributed by atoms with Gasteiger partial charge in [-0.05, 0) is 63.8 Å². The predicted octanol–water partition coefficient (Wildman–Crippen LogP) is 4.81. The summed E-state index contributed by atoms with van der Waals surface area (Å²) >= 11 is 0. The zero-order valence-corrected chi connectivity index (χ0v) is 18.8. The third-order valence-corrected chi connectivity index (χ3v) is 5.07. The van der Waals surface area contributed by atoms with E-state index < -0.39 is 5.60 Å². The molecule has 1 aliphatic rings. The highest BCUT2D eigenvalue weighted by Gasteiger charge is 2.27. The molecule has 1 aliphatic heterocycles. The molecule has 0 unspecified atom stereocenters. The van der Waals surface area contributed by atoms with E-state index in [1.807, 2.05) is 63.2 Å². The SMILES string of the molecule is COc1c(Oc2ccccc2)ccc(N)c1N1CCC[C@@H](CNC(=O)OC(C)(C)C)C1. The van der Waals surface area contributed by atoms with Crippen LogP contribution in [0.15, 0.2) is 42.5 Å². The molecule has 1 atom stereocenters. The number of para-hydroxylation sites is 1. The molecular weight excluding hydrogens is 394 g/mol. The highest BCUT2D eigenvalue weighted by atomic mass is 16.6. The normalized spacial score (nSPS) is 16.5. The van der Waals surface area contributed by atoms with Crippen LogP contribution in [0.2, 0.25) is 0 Å². The number of benzene rings is 2. The van der Waals surface area contributed by atoms with Crippen molar-refractivity contribution in [3.63, 3.8) is 0 Å². The second-order valence-electron chi connectivity index (χ2n) is 8.79. The van der Waals surface area contributed by atoms with Crippen molar-refractivity contribution in [2.24, 2.45) is 5.92 Å². The van der Waals surface area contributed by atoms with E-state index in [1.54, 1.807) is 7.11 Å². The number of nitrogens with one attached hydrogen (secondary N) is 1. The molecule has 0 aliphatic carbocycles. The third kappa shape index (κ3) is 6.20. The summed E-state index contributed by atoms with van der Waals surface area (Å²) in [6.45, 7) is 7.73. The Balaban J connectivity index is 1.73. The lowest BCUT2D eigenvalue weighted by molar-refractivity contribution is 0.0517. The first-order valence-electron chi connectivity index (χ1n) is 10.7. The number of hydrogen-bond acceptors (Lipinski definition) is 6. The zero-order chi connectivity index (χ0) is 22.4. The number of carbonyl (C=O) groups excluding carboxylic acids is 1. The lowest BCUT2D eigenvalue weighted by Gasteiger charge is -2.36. The quantitative estimate of drug-likeness (QED) is 0.644. The number of piperidine rings is 1. The first kappa shape index (κ1) is 22.6. The molecule has 2 aromatic carbocycles. The average molecular weight is 428 g/mol. The number of hydrogen-bond donors (Lipinski definition) is 2. The van der Waals surface area contributed by atoms with Gasteiger partial charge in [-0.15, -0.1) is 0 Å². The maximum Gasteiger partial charge on any atom is 0.407 e. The van der Waals surface area contributed by atoms with Crippen LogP contribution in [0.1, 0.15) is 33.6 Å². The van der Waals surface area contributed by atoms with Gasteiger partial charge in [-0.3, -0.25) is 0 Å². The van der Waals surface area contributed by atoms with Crippen molar-refractivity contribution in [2.75, 3.05) is 37.4 Å². The van der Waals surface area contributed by atoms with Gasteiger partial charge in [0.05, 0.1) is 12.8 Å². The van der Waals surface area contributed by atoms with E-state index in [0.29, 0.717) is 23.7 Å². The molecule has 0 spiro atoms. The van der Waals surface area contributed by atoms with Crippen LogP contribution in [0.25, 0.3) is 0 Å². The highest BCUT2D eigenvalue weighted by Crippen LogP contribution is 2.44. The van der Waals surface area contributed by atoms with Gasteiger partial charge in [0.2, 0.25) is 0 Å². The number of nitrogens with zero attached hydrogens (tertiary/aromatic N) is 1. The first-order chi connectivity index (χ1) is 14.8. The fourth-order valence-electron chi connectivity index (χ4n) is 3.76. The molecule has 31 heavy (non-hydrogen) atoms. The number of anilines is 2. The summed E-state index contributed by atoms with van der Waals surface area (Å²) in [5.41, 5.74) is 7.32. The number of ether oxygens (including phenoxy) is 3. The Bertz CT molecular complexity index is 880. The molecule has 3 N–H and O–H groups in total. The van der Waals surface area contributed by atoms with Gasteiger partial charge < -0.3 is 30.2 Å². The minimum atomic E-state index is -0.510. The Morgan fingerprint density at radius 1 is 1.19 bits per heavy atom. The van der Waals surface area contributed by atoms with Crippen LogP contribution in [-0.4, -0.2) is 38.4 Å². The molecule has 0 bridgehead atoms. The van der Waals surface area contributed by atoms with Crippen molar-refractivity contribution in [3.05, 3.63) is 42.5 Å². The Morgan fingerprint density at radius 2 is 1.94 bits per heavy atom. The maximum atomic E-state index is 12.0. The Hall–Kier alpha value is -3.09. The summed E-state index contributed by atoms with van der Waals surface area (Å²) in [7, 11) is 1.63. The van der Waals surface area contributed by atoms with Gasteiger partial charge in [0.15, 0.2) is 11.5 Å². The Kier molecular flexibility index (Phi) is 7.15. The topological polar surface area (TPSA) is 86.1 Å². The van der Waals surface area contributed by atoms with Crippen LogP contribution in [0, 0.1) is 5.92 Å². The minimum Gasteiger partial charge on any atom is -0.491 e. The fourth-order valence-corrected chi connectivity index (χ4v) is 3.76. The molecule has 3 rings (SSSR count). The van der Waals surface area contributed by atoms with Crippen LogP contribution < -0.4 is 25.4 Å². The molecule has 1 saturated heterocycles. The van der Waals surface area contributed by atoms with Crippen LogP contribution >= 0.6 is 0 Å². The second kappa shape index (κ2) is 9.81. The number of nitrogens with two attached hydrogens (primary N) is 1. The van der Waals surface area contributed by atoms with Gasteiger partial charge in [0.25, 0.3) is 0 Å². The summed E-state index contributed by atoms with van der Waals surface area (Å²) in [6, 6.07) is 13.3. The van der Waals surface area contributed by atoms with Crippen molar-refractivity contribution in [1.29, 1.82) is 0 Å². The van der Waals surface area contributed by atoms with Crippen LogP contribution in [-0.2, 0) is 4.74 Å². The van der Waals surface area contributed by atoms with E-state index in [4.69, 9.17) is 19.9 Å². The number of nitrogen functional groups attached to an aromatic ring is 1. The zero-order valence-electron chi connectivity index (χ0n) is 18.8. The summed E-state index contributed by atoms with van der Waals surface area (Å²) in [6.07, 6.45) is 1.63. The van der Waals surface area contributed by atoms with Gasteiger partial charge >= 0.3 is 6.09 Å². The Labute approximate surface area is 184 Å². The standard InChI is InChI=1S/C24H33N3O4/c1-24(2,3)31-23(28)26-15-17-9-8-14-27(16-17)21-19(25)12-13-20(22(21)29-4)30-18-10-6-5-7-11-18/h5-7,10-13,17H,8-9,14-16,25H2,1-4H3,(H,26,28)/t17-/m0/s1. The van der Waals surface area contributed by atoms with Crippen molar-refractivity contribution in [3.8, 4) is 17.2 Å². The minimum absolute atomic E-state index is 0.282.